The average molecular weight is 263 g/mol. The molecule has 0 aromatic heterocycles. The van der Waals surface area contributed by atoms with Gasteiger partial charge >= 0.3 is 0 Å². The zero-order valence-corrected chi connectivity index (χ0v) is 12.5. The summed E-state index contributed by atoms with van der Waals surface area (Å²) < 4.78 is 5.62. The molecule has 1 rings (SSSR count). The second-order valence-corrected chi connectivity index (χ2v) is 5.60. The van der Waals surface area contributed by atoms with Crippen molar-refractivity contribution in [1.82, 2.24) is 5.32 Å². The van der Waals surface area contributed by atoms with Crippen LogP contribution in [0.15, 0.2) is 30.3 Å². The third kappa shape index (κ3) is 4.93. The first-order valence-corrected chi connectivity index (χ1v) is 6.94. The zero-order valence-electron chi connectivity index (χ0n) is 12.5. The summed E-state index contributed by atoms with van der Waals surface area (Å²) in [5.74, 6) is 1.48. The Morgan fingerprint density at radius 3 is 2.00 bits per heavy atom. The van der Waals surface area contributed by atoms with Crippen molar-refractivity contribution >= 4 is 5.91 Å². The van der Waals surface area contributed by atoms with Crippen LogP contribution in [-0.2, 0) is 4.79 Å². The maximum atomic E-state index is 12.1. The predicted octanol–water partition coefficient (Wildman–Crippen LogP) is 3.25. The van der Waals surface area contributed by atoms with E-state index in [4.69, 9.17) is 4.74 Å². The van der Waals surface area contributed by atoms with Crippen LogP contribution in [0.1, 0.15) is 34.6 Å². The molecule has 0 heterocycles. The van der Waals surface area contributed by atoms with E-state index in [-0.39, 0.29) is 11.9 Å². The topological polar surface area (TPSA) is 38.3 Å². The van der Waals surface area contributed by atoms with Gasteiger partial charge in [-0.05, 0) is 30.9 Å². The van der Waals surface area contributed by atoms with Crippen LogP contribution in [0.25, 0.3) is 0 Å². The molecule has 0 aliphatic heterocycles. The van der Waals surface area contributed by atoms with E-state index in [9.17, 15) is 4.79 Å². The maximum Gasteiger partial charge on any atom is 0.261 e. The fourth-order valence-corrected chi connectivity index (χ4v) is 2.14. The van der Waals surface area contributed by atoms with E-state index in [1.54, 1.807) is 6.92 Å². The van der Waals surface area contributed by atoms with E-state index in [1.807, 2.05) is 30.3 Å². The third-order valence-electron chi connectivity index (χ3n) is 3.17. The molecular weight excluding hydrogens is 238 g/mol. The lowest BCUT2D eigenvalue weighted by molar-refractivity contribution is -0.128. The van der Waals surface area contributed by atoms with Gasteiger partial charge in [0, 0.05) is 6.04 Å². The molecule has 3 nitrogen and oxygen atoms in total. The Balaban J connectivity index is 2.57. The number of hydrogen-bond donors (Lipinski definition) is 1. The fourth-order valence-electron chi connectivity index (χ4n) is 2.14. The molecule has 0 fully saturated rings. The summed E-state index contributed by atoms with van der Waals surface area (Å²) >= 11 is 0. The first-order valence-electron chi connectivity index (χ1n) is 6.94. The van der Waals surface area contributed by atoms with Gasteiger partial charge in [-0.25, -0.2) is 0 Å². The molecule has 0 spiro atoms. The van der Waals surface area contributed by atoms with Crippen LogP contribution in [0.5, 0.6) is 5.75 Å². The van der Waals surface area contributed by atoms with E-state index in [0.717, 1.165) is 5.75 Å². The van der Waals surface area contributed by atoms with Crippen LogP contribution in [0, 0.1) is 11.8 Å². The molecule has 1 aromatic carbocycles. The highest BCUT2D eigenvalue weighted by molar-refractivity contribution is 5.81. The summed E-state index contributed by atoms with van der Waals surface area (Å²) in [5, 5.41) is 3.07. The molecule has 0 saturated heterocycles. The minimum absolute atomic E-state index is 0.0590. The Morgan fingerprint density at radius 2 is 1.53 bits per heavy atom. The normalized spacial score (nSPS) is 12.8. The van der Waals surface area contributed by atoms with Gasteiger partial charge in [0.2, 0.25) is 0 Å². The van der Waals surface area contributed by atoms with Crippen LogP contribution in [0.2, 0.25) is 0 Å². The molecule has 0 saturated carbocycles. The summed E-state index contributed by atoms with van der Waals surface area (Å²) in [6.45, 7) is 10.3. The Kier molecular flexibility index (Phi) is 5.87. The number of nitrogens with one attached hydrogen (secondary N) is 1. The van der Waals surface area contributed by atoms with E-state index >= 15 is 0 Å². The molecule has 3 heteroatoms. The lowest BCUT2D eigenvalue weighted by Gasteiger charge is -2.27. The van der Waals surface area contributed by atoms with Crippen LogP contribution in [0.3, 0.4) is 0 Å². The van der Waals surface area contributed by atoms with Gasteiger partial charge in [0.25, 0.3) is 5.91 Å². The predicted molar refractivity (Wildman–Crippen MR) is 78.1 cm³/mol. The van der Waals surface area contributed by atoms with Crippen molar-refractivity contribution in [3.05, 3.63) is 30.3 Å². The summed E-state index contributed by atoms with van der Waals surface area (Å²) in [7, 11) is 0. The van der Waals surface area contributed by atoms with Gasteiger partial charge in [0.1, 0.15) is 5.75 Å². The smallest absolute Gasteiger partial charge is 0.261 e. The lowest BCUT2D eigenvalue weighted by Crippen LogP contribution is -2.47. The van der Waals surface area contributed by atoms with Crippen molar-refractivity contribution in [1.29, 1.82) is 0 Å². The van der Waals surface area contributed by atoms with Gasteiger partial charge in [0.15, 0.2) is 6.10 Å². The second-order valence-electron chi connectivity index (χ2n) is 5.60. The monoisotopic (exact) mass is 263 g/mol. The quantitative estimate of drug-likeness (QED) is 0.855. The van der Waals surface area contributed by atoms with Crippen molar-refractivity contribution < 1.29 is 9.53 Å². The summed E-state index contributed by atoms with van der Waals surface area (Å²) in [6.07, 6.45) is -0.484. The molecule has 1 atom stereocenters. The molecule has 1 amide bonds. The van der Waals surface area contributed by atoms with E-state index < -0.39 is 6.10 Å². The van der Waals surface area contributed by atoms with E-state index in [2.05, 4.69) is 33.0 Å². The number of carbonyl (C=O) groups excluding carboxylic acids is 1. The van der Waals surface area contributed by atoms with Crippen LogP contribution >= 0.6 is 0 Å². The van der Waals surface area contributed by atoms with Crippen molar-refractivity contribution in [3.8, 4) is 5.75 Å². The third-order valence-corrected chi connectivity index (χ3v) is 3.17. The molecular formula is C16H25NO2. The second kappa shape index (κ2) is 7.17. The molecule has 0 aliphatic carbocycles. The Bertz CT molecular complexity index is 379. The summed E-state index contributed by atoms with van der Waals surface area (Å²) in [6, 6.07) is 9.59. The van der Waals surface area contributed by atoms with Gasteiger partial charge in [-0.1, -0.05) is 45.9 Å². The first-order chi connectivity index (χ1) is 8.91. The van der Waals surface area contributed by atoms with Gasteiger partial charge in [-0.3, -0.25) is 4.79 Å². The maximum absolute atomic E-state index is 12.1. The SMILES string of the molecule is CC(C)C(NC(=O)[C@@H](C)Oc1ccccc1)C(C)C. The molecule has 1 N–H and O–H groups in total. The van der Waals surface area contributed by atoms with Crippen molar-refractivity contribution in [2.24, 2.45) is 11.8 Å². The number of benzene rings is 1. The molecule has 106 valence electrons. The standard InChI is InChI=1S/C16H25NO2/c1-11(2)15(12(3)4)17-16(18)13(5)19-14-9-7-6-8-10-14/h6-13,15H,1-5H3,(H,17,18)/t13-/m1/s1. The zero-order chi connectivity index (χ0) is 14.4. The van der Waals surface area contributed by atoms with E-state index in [0.29, 0.717) is 11.8 Å². The number of hydrogen-bond acceptors (Lipinski definition) is 2. The van der Waals surface area contributed by atoms with Crippen molar-refractivity contribution in [2.75, 3.05) is 0 Å². The lowest BCUT2D eigenvalue weighted by atomic mass is 9.93. The molecule has 0 bridgehead atoms. The molecule has 19 heavy (non-hydrogen) atoms. The van der Waals surface area contributed by atoms with Gasteiger partial charge in [-0.2, -0.15) is 0 Å². The molecule has 0 radical (unpaired) electrons. The number of amides is 1. The Labute approximate surface area is 116 Å². The minimum atomic E-state index is -0.484. The molecule has 1 aromatic rings. The summed E-state index contributed by atoms with van der Waals surface area (Å²) in [5.41, 5.74) is 0. The van der Waals surface area contributed by atoms with Crippen LogP contribution in [0.4, 0.5) is 0 Å². The van der Waals surface area contributed by atoms with Crippen molar-refractivity contribution in [2.45, 2.75) is 46.8 Å². The number of para-hydroxylation sites is 1. The van der Waals surface area contributed by atoms with Crippen molar-refractivity contribution in [3.63, 3.8) is 0 Å². The number of rotatable bonds is 6. The highest BCUT2D eigenvalue weighted by atomic mass is 16.5. The Morgan fingerprint density at radius 1 is 1.00 bits per heavy atom. The van der Waals surface area contributed by atoms with Crippen LogP contribution < -0.4 is 10.1 Å². The molecule has 0 aliphatic rings. The fraction of sp³-hybridized carbons (Fsp3) is 0.562. The minimum Gasteiger partial charge on any atom is -0.481 e. The van der Waals surface area contributed by atoms with E-state index in [1.165, 1.54) is 0 Å². The number of ether oxygens (including phenoxy) is 1. The molecule has 0 unspecified atom stereocenters. The summed E-state index contributed by atoms with van der Waals surface area (Å²) in [4.78, 5) is 12.1. The average Bonchev–Trinajstić information content (AvgIpc) is 2.35. The Hall–Kier alpha value is -1.51. The first kappa shape index (κ1) is 15.5. The van der Waals surface area contributed by atoms with Crippen LogP contribution in [-0.4, -0.2) is 18.1 Å². The number of carbonyl (C=O) groups is 1. The van der Waals surface area contributed by atoms with Gasteiger partial charge in [0.05, 0.1) is 0 Å². The highest BCUT2D eigenvalue weighted by Crippen LogP contribution is 2.14. The largest absolute Gasteiger partial charge is 0.481 e. The highest BCUT2D eigenvalue weighted by Gasteiger charge is 2.23. The van der Waals surface area contributed by atoms with Gasteiger partial charge in [-0.15, -0.1) is 0 Å². The van der Waals surface area contributed by atoms with Gasteiger partial charge < -0.3 is 10.1 Å².